The molecule has 3 rings (SSSR count). The molecule has 2 atom stereocenters. The molecule has 130 valence electrons. The van der Waals surface area contributed by atoms with Gasteiger partial charge in [0, 0.05) is 45.7 Å². The van der Waals surface area contributed by atoms with E-state index in [1.807, 2.05) is 36.1 Å². The van der Waals surface area contributed by atoms with Crippen LogP contribution in [0.3, 0.4) is 0 Å². The number of hydrogen-bond acceptors (Lipinski definition) is 5. The highest BCUT2D eigenvalue weighted by molar-refractivity contribution is 5.28. The number of benzene rings is 1. The monoisotopic (exact) mass is 331 g/mol. The van der Waals surface area contributed by atoms with E-state index < -0.39 is 0 Å². The molecule has 1 aromatic carbocycles. The van der Waals surface area contributed by atoms with Crippen molar-refractivity contribution >= 4 is 0 Å². The molecule has 24 heavy (non-hydrogen) atoms. The molecule has 1 fully saturated rings. The molecule has 0 radical (unpaired) electrons. The number of hydrogen-bond donors (Lipinski definition) is 1. The lowest BCUT2D eigenvalue weighted by molar-refractivity contribution is 0.0893. The molecule has 0 amide bonds. The first kappa shape index (κ1) is 17.0. The standard InChI is InChI=1S/C18H25N3O3/c1-21-8-7-19-18(21)17-16(6-9-24-17)20-13-14-4-3-5-15(12-14)23-11-10-22-2/h3-5,7-8,12,16-17,20H,6,9-11,13H2,1-2H3/t16-,17-/m0/s1. The zero-order valence-corrected chi connectivity index (χ0v) is 14.3. The van der Waals surface area contributed by atoms with Gasteiger partial charge in [-0.2, -0.15) is 0 Å². The maximum Gasteiger partial charge on any atom is 0.139 e. The molecule has 0 saturated carbocycles. The Morgan fingerprint density at radius 1 is 1.38 bits per heavy atom. The SMILES string of the molecule is COCCOc1cccc(CN[C@H]2CCO[C@@H]2c2nccn2C)c1. The Hall–Kier alpha value is -1.89. The van der Waals surface area contributed by atoms with Gasteiger partial charge in [-0.25, -0.2) is 4.98 Å². The van der Waals surface area contributed by atoms with E-state index in [-0.39, 0.29) is 12.1 Å². The van der Waals surface area contributed by atoms with Crippen molar-refractivity contribution in [2.45, 2.75) is 25.1 Å². The Labute approximate surface area is 142 Å². The van der Waals surface area contributed by atoms with E-state index in [1.165, 1.54) is 5.56 Å². The molecule has 0 spiro atoms. The Morgan fingerprint density at radius 3 is 3.08 bits per heavy atom. The summed E-state index contributed by atoms with van der Waals surface area (Å²) in [7, 11) is 3.67. The van der Waals surface area contributed by atoms with Crippen molar-refractivity contribution < 1.29 is 14.2 Å². The second kappa shape index (κ2) is 8.28. The highest BCUT2D eigenvalue weighted by atomic mass is 16.5. The maximum atomic E-state index is 5.88. The molecule has 1 aromatic heterocycles. The van der Waals surface area contributed by atoms with Gasteiger partial charge in [-0.1, -0.05) is 12.1 Å². The lowest BCUT2D eigenvalue weighted by Gasteiger charge is -2.20. The number of rotatable bonds is 8. The van der Waals surface area contributed by atoms with Crippen LogP contribution >= 0.6 is 0 Å². The van der Waals surface area contributed by atoms with E-state index in [1.54, 1.807) is 7.11 Å². The van der Waals surface area contributed by atoms with Crippen molar-refractivity contribution in [3.8, 4) is 5.75 Å². The molecule has 1 aliphatic heterocycles. The van der Waals surface area contributed by atoms with Crippen LogP contribution in [-0.2, 0) is 23.1 Å². The van der Waals surface area contributed by atoms with Crippen molar-refractivity contribution in [1.29, 1.82) is 0 Å². The molecule has 1 saturated heterocycles. The normalized spacial score (nSPS) is 20.4. The van der Waals surface area contributed by atoms with Gasteiger partial charge in [0.25, 0.3) is 0 Å². The van der Waals surface area contributed by atoms with Crippen molar-refractivity contribution in [3.05, 3.63) is 48.0 Å². The fourth-order valence-corrected chi connectivity index (χ4v) is 2.94. The second-order valence-electron chi connectivity index (χ2n) is 5.95. The van der Waals surface area contributed by atoms with Crippen LogP contribution in [0.25, 0.3) is 0 Å². The van der Waals surface area contributed by atoms with Crippen LogP contribution in [0, 0.1) is 0 Å². The number of ether oxygens (including phenoxy) is 3. The Bertz CT molecular complexity index is 644. The van der Waals surface area contributed by atoms with Crippen molar-refractivity contribution in [2.24, 2.45) is 7.05 Å². The molecular weight excluding hydrogens is 306 g/mol. The lowest BCUT2D eigenvalue weighted by Crippen LogP contribution is -2.32. The summed E-state index contributed by atoms with van der Waals surface area (Å²) < 4.78 is 18.6. The van der Waals surface area contributed by atoms with Crippen LogP contribution in [0.5, 0.6) is 5.75 Å². The smallest absolute Gasteiger partial charge is 0.139 e. The van der Waals surface area contributed by atoms with Gasteiger partial charge in [0.2, 0.25) is 0 Å². The largest absolute Gasteiger partial charge is 0.491 e. The third-order valence-electron chi connectivity index (χ3n) is 4.23. The molecule has 0 aliphatic carbocycles. The molecule has 0 bridgehead atoms. The van der Waals surface area contributed by atoms with Crippen molar-refractivity contribution in [2.75, 3.05) is 26.9 Å². The molecule has 6 heteroatoms. The van der Waals surface area contributed by atoms with Gasteiger partial charge in [0.15, 0.2) is 0 Å². The summed E-state index contributed by atoms with van der Waals surface area (Å²) >= 11 is 0. The van der Waals surface area contributed by atoms with E-state index in [4.69, 9.17) is 14.2 Å². The van der Waals surface area contributed by atoms with E-state index in [2.05, 4.69) is 22.4 Å². The van der Waals surface area contributed by atoms with Gasteiger partial charge in [0.05, 0.1) is 6.61 Å². The molecule has 2 heterocycles. The molecular formula is C18H25N3O3. The topological polar surface area (TPSA) is 57.5 Å². The quantitative estimate of drug-likeness (QED) is 0.751. The maximum absolute atomic E-state index is 5.88. The summed E-state index contributed by atoms with van der Waals surface area (Å²) in [6.07, 6.45) is 4.76. The fourth-order valence-electron chi connectivity index (χ4n) is 2.94. The second-order valence-corrected chi connectivity index (χ2v) is 5.95. The van der Waals surface area contributed by atoms with Crippen LogP contribution in [0.1, 0.15) is 23.9 Å². The Balaban J connectivity index is 1.57. The first-order valence-corrected chi connectivity index (χ1v) is 8.31. The van der Waals surface area contributed by atoms with E-state index in [9.17, 15) is 0 Å². The first-order chi connectivity index (χ1) is 11.8. The minimum atomic E-state index is 0.00568. The average Bonchev–Trinajstić information content (AvgIpc) is 3.22. The molecule has 1 aliphatic rings. The Kier molecular flexibility index (Phi) is 5.85. The van der Waals surface area contributed by atoms with Gasteiger partial charge in [0.1, 0.15) is 24.3 Å². The summed E-state index contributed by atoms with van der Waals surface area (Å²) in [5.74, 6) is 1.84. The van der Waals surface area contributed by atoms with Crippen LogP contribution in [0.15, 0.2) is 36.7 Å². The summed E-state index contributed by atoms with van der Waals surface area (Å²) in [5, 5.41) is 3.60. The average molecular weight is 331 g/mol. The lowest BCUT2D eigenvalue weighted by atomic mass is 10.1. The van der Waals surface area contributed by atoms with E-state index in [0.29, 0.717) is 13.2 Å². The molecule has 6 nitrogen and oxygen atoms in total. The van der Waals surface area contributed by atoms with Crippen molar-refractivity contribution in [3.63, 3.8) is 0 Å². The minimum absolute atomic E-state index is 0.00568. The molecule has 2 aromatic rings. The summed E-state index contributed by atoms with van der Waals surface area (Å²) in [4.78, 5) is 4.43. The minimum Gasteiger partial charge on any atom is -0.491 e. The third-order valence-corrected chi connectivity index (χ3v) is 4.23. The van der Waals surface area contributed by atoms with Crippen molar-refractivity contribution in [1.82, 2.24) is 14.9 Å². The number of methoxy groups -OCH3 is 1. The number of aryl methyl sites for hydroxylation is 1. The van der Waals surface area contributed by atoms with Crippen LogP contribution < -0.4 is 10.1 Å². The molecule has 0 unspecified atom stereocenters. The third kappa shape index (κ3) is 4.14. The predicted molar refractivity (Wildman–Crippen MR) is 91.0 cm³/mol. The zero-order chi connectivity index (χ0) is 16.8. The number of aromatic nitrogens is 2. The molecule has 1 N–H and O–H groups in total. The van der Waals surface area contributed by atoms with E-state index >= 15 is 0 Å². The summed E-state index contributed by atoms with van der Waals surface area (Å²) in [6, 6.07) is 8.41. The number of nitrogens with one attached hydrogen (secondary N) is 1. The summed E-state index contributed by atoms with van der Waals surface area (Å²) in [6.45, 7) is 2.68. The predicted octanol–water partition coefficient (Wildman–Crippen LogP) is 2.07. The zero-order valence-electron chi connectivity index (χ0n) is 14.3. The van der Waals surface area contributed by atoms with Gasteiger partial charge in [-0.3, -0.25) is 0 Å². The number of nitrogens with zero attached hydrogens (tertiary/aromatic N) is 2. The summed E-state index contributed by atoms with van der Waals surface area (Å²) in [5.41, 5.74) is 1.19. The highest BCUT2D eigenvalue weighted by Crippen LogP contribution is 2.28. The first-order valence-electron chi connectivity index (χ1n) is 8.31. The van der Waals surface area contributed by atoms with Gasteiger partial charge in [-0.05, 0) is 24.1 Å². The van der Waals surface area contributed by atoms with Gasteiger partial charge < -0.3 is 24.1 Å². The number of imidazole rings is 1. The van der Waals surface area contributed by atoms with Crippen LogP contribution in [0.2, 0.25) is 0 Å². The van der Waals surface area contributed by atoms with Crippen LogP contribution in [-0.4, -0.2) is 42.5 Å². The Morgan fingerprint density at radius 2 is 2.29 bits per heavy atom. The fraction of sp³-hybridized carbons (Fsp3) is 0.500. The van der Waals surface area contributed by atoms with E-state index in [0.717, 1.165) is 31.1 Å². The van der Waals surface area contributed by atoms with Crippen LogP contribution in [0.4, 0.5) is 0 Å². The van der Waals surface area contributed by atoms with Gasteiger partial charge >= 0.3 is 0 Å². The van der Waals surface area contributed by atoms with Gasteiger partial charge in [-0.15, -0.1) is 0 Å². The highest BCUT2D eigenvalue weighted by Gasteiger charge is 2.31.